The molecule has 2 heterocycles. The summed E-state index contributed by atoms with van der Waals surface area (Å²) >= 11 is 1.06. The zero-order chi connectivity index (χ0) is 17.1. The Balaban J connectivity index is 1.64. The van der Waals surface area contributed by atoms with Crippen molar-refractivity contribution in [3.8, 4) is 0 Å². The van der Waals surface area contributed by atoms with Gasteiger partial charge in [0.05, 0.1) is 23.1 Å². The summed E-state index contributed by atoms with van der Waals surface area (Å²) in [6.45, 7) is 3.06. The number of carbonyl (C=O) groups excluding carboxylic acids is 2. The number of carbonyl (C=O) groups is 2. The molecule has 0 bridgehead atoms. The van der Waals surface area contributed by atoms with Gasteiger partial charge in [-0.15, -0.1) is 0 Å². The van der Waals surface area contributed by atoms with Crippen LogP contribution >= 0.6 is 11.7 Å². The Morgan fingerprint density at radius 2 is 2.17 bits per heavy atom. The van der Waals surface area contributed by atoms with E-state index in [2.05, 4.69) is 19.2 Å². The van der Waals surface area contributed by atoms with E-state index in [1.165, 1.54) is 0 Å². The summed E-state index contributed by atoms with van der Waals surface area (Å²) in [4.78, 5) is 24.1. The molecule has 8 nitrogen and oxygen atoms in total. The summed E-state index contributed by atoms with van der Waals surface area (Å²) in [6.07, 6.45) is 0.535. The first kappa shape index (κ1) is 16.1. The monoisotopic (exact) mass is 346 g/mol. The molecule has 3 aromatic rings. The number of rotatable bonds is 5. The number of fused-ring (bicyclic) bond motifs is 1. The Labute approximate surface area is 141 Å². The number of amides is 1. The van der Waals surface area contributed by atoms with Crippen LogP contribution in [0.15, 0.2) is 22.7 Å². The van der Waals surface area contributed by atoms with Gasteiger partial charge < -0.3 is 14.6 Å². The number of hydrogen-bond donors (Lipinski definition) is 1. The highest BCUT2D eigenvalue weighted by atomic mass is 32.1. The molecule has 0 spiro atoms. The van der Waals surface area contributed by atoms with Crippen molar-refractivity contribution in [3.05, 3.63) is 35.2 Å². The molecular weight excluding hydrogens is 332 g/mol. The predicted molar refractivity (Wildman–Crippen MR) is 86.9 cm³/mol. The number of anilines is 1. The lowest BCUT2D eigenvalue weighted by Crippen LogP contribution is -2.21. The first-order chi connectivity index (χ1) is 11.6. The van der Waals surface area contributed by atoms with Crippen LogP contribution in [-0.4, -0.2) is 32.4 Å². The minimum absolute atomic E-state index is 0.274. The van der Waals surface area contributed by atoms with Crippen molar-refractivity contribution >= 4 is 40.3 Å². The SMILES string of the molecule is CCc1noc(C)c1C(=O)OCC(=O)Nc1cccc2nsnc12. The van der Waals surface area contributed by atoms with E-state index in [9.17, 15) is 9.59 Å². The van der Waals surface area contributed by atoms with Crippen LogP contribution < -0.4 is 5.32 Å². The highest BCUT2D eigenvalue weighted by Crippen LogP contribution is 2.21. The number of aromatic nitrogens is 3. The molecule has 1 aromatic carbocycles. The van der Waals surface area contributed by atoms with Gasteiger partial charge in [-0.3, -0.25) is 4.79 Å². The Hall–Kier alpha value is -2.81. The van der Waals surface area contributed by atoms with Crippen LogP contribution in [0, 0.1) is 6.92 Å². The number of nitrogens with zero attached hydrogens (tertiary/aromatic N) is 3. The van der Waals surface area contributed by atoms with Crippen molar-refractivity contribution in [2.24, 2.45) is 0 Å². The van der Waals surface area contributed by atoms with Gasteiger partial charge in [-0.1, -0.05) is 18.1 Å². The summed E-state index contributed by atoms with van der Waals surface area (Å²) in [5.41, 5.74) is 2.61. The van der Waals surface area contributed by atoms with Crippen molar-refractivity contribution in [1.29, 1.82) is 0 Å². The molecule has 0 radical (unpaired) electrons. The van der Waals surface area contributed by atoms with E-state index in [-0.39, 0.29) is 5.56 Å². The number of nitrogens with one attached hydrogen (secondary N) is 1. The molecular formula is C15H14N4O4S. The third-order valence-electron chi connectivity index (χ3n) is 3.37. The van der Waals surface area contributed by atoms with Crippen molar-refractivity contribution in [2.75, 3.05) is 11.9 Å². The van der Waals surface area contributed by atoms with E-state index >= 15 is 0 Å². The molecule has 0 saturated heterocycles. The van der Waals surface area contributed by atoms with E-state index in [1.54, 1.807) is 25.1 Å². The van der Waals surface area contributed by atoms with E-state index in [4.69, 9.17) is 9.26 Å². The van der Waals surface area contributed by atoms with E-state index in [0.717, 1.165) is 11.7 Å². The molecule has 0 aliphatic rings. The topological polar surface area (TPSA) is 107 Å². The van der Waals surface area contributed by atoms with Crippen LogP contribution in [0.4, 0.5) is 5.69 Å². The smallest absolute Gasteiger partial charge is 0.344 e. The Morgan fingerprint density at radius 3 is 2.96 bits per heavy atom. The highest BCUT2D eigenvalue weighted by Gasteiger charge is 2.21. The van der Waals surface area contributed by atoms with E-state index in [1.807, 2.05) is 6.92 Å². The molecule has 0 aliphatic heterocycles. The summed E-state index contributed by atoms with van der Waals surface area (Å²) in [7, 11) is 0. The second kappa shape index (κ2) is 6.75. The molecule has 1 N–H and O–H groups in total. The van der Waals surface area contributed by atoms with Crippen LogP contribution in [0.2, 0.25) is 0 Å². The fourth-order valence-corrected chi connectivity index (χ4v) is 2.77. The van der Waals surface area contributed by atoms with Gasteiger partial charge in [0.15, 0.2) is 6.61 Å². The van der Waals surface area contributed by atoms with Crippen LogP contribution in [-0.2, 0) is 16.0 Å². The van der Waals surface area contributed by atoms with Crippen LogP contribution in [0.1, 0.15) is 28.7 Å². The second-order valence-corrected chi connectivity index (χ2v) is 5.50. The van der Waals surface area contributed by atoms with Gasteiger partial charge >= 0.3 is 5.97 Å². The van der Waals surface area contributed by atoms with E-state index in [0.29, 0.717) is 34.6 Å². The average molecular weight is 346 g/mol. The molecule has 24 heavy (non-hydrogen) atoms. The third-order valence-corrected chi connectivity index (χ3v) is 3.91. The second-order valence-electron chi connectivity index (χ2n) is 4.98. The summed E-state index contributed by atoms with van der Waals surface area (Å²) in [5.74, 6) is -0.721. The van der Waals surface area contributed by atoms with Crippen molar-refractivity contribution < 1.29 is 18.8 Å². The number of esters is 1. The van der Waals surface area contributed by atoms with Gasteiger partial charge in [-0.05, 0) is 25.5 Å². The molecule has 2 aromatic heterocycles. The van der Waals surface area contributed by atoms with Crippen molar-refractivity contribution in [1.82, 2.24) is 13.9 Å². The fraction of sp³-hybridized carbons (Fsp3) is 0.267. The first-order valence-corrected chi connectivity index (χ1v) is 7.96. The molecule has 0 atom stereocenters. The summed E-state index contributed by atoms with van der Waals surface area (Å²) in [6, 6.07) is 5.28. The quantitative estimate of drug-likeness (QED) is 0.706. The molecule has 3 rings (SSSR count). The Bertz CT molecular complexity index is 902. The molecule has 9 heteroatoms. The van der Waals surface area contributed by atoms with Crippen molar-refractivity contribution in [2.45, 2.75) is 20.3 Å². The molecule has 0 unspecified atom stereocenters. The average Bonchev–Trinajstić information content (AvgIpc) is 3.19. The fourth-order valence-electron chi connectivity index (χ4n) is 2.22. The predicted octanol–water partition coefficient (Wildman–Crippen LogP) is 2.35. The Kier molecular flexibility index (Phi) is 4.52. The minimum Gasteiger partial charge on any atom is -0.452 e. The normalized spacial score (nSPS) is 10.8. The van der Waals surface area contributed by atoms with Crippen LogP contribution in [0.5, 0.6) is 0 Å². The molecule has 0 fully saturated rings. The number of aryl methyl sites for hydroxylation is 2. The van der Waals surface area contributed by atoms with Crippen LogP contribution in [0.3, 0.4) is 0 Å². The Morgan fingerprint density at radius 1 is 1.33 bits per heavy atom. The largest absolute Gasteiger partial charge is 0.452 e. The molecule has 1 amide bonds. The number of ether oxygens (including phenoxy) is 1. The lowest BCUT2D eigenvalue weighted by Gasteiger charge is -2.07. The van der Waals surface area contributed by atoms with Crippen molar-refractivity contribution in [3.63, 3.8) is 0 Å². The first-order valence-electron chi connectivity index (χ1n) is 7.23. The van der Waals surface area contributed by atoms with Gasteiger partial charge in [-0.2, -0.15) is 8.75 Å². The van der Waals surface area contributed by atoms with Gasteiger partial charge in [-0.25, -0.2) is 4.79 Å². The third kappa shape index (κ3) is 3.11. The molecule has 124 valence electrons. The highest BCUT2D eigenvalue weighted by molar-refractivity contribution is 7.00. The maximum atomic E-state index is 12.1. The minimum atomic E-state index is -0.630. The lowest BCUT2D eigenvalue weighted by atomic mass is 10.1. The number of benzene rings is 1. The van der Waals surface area contributed by atoms with E-state index < -0.39 is 18.5 Å². The maximum Gasteiger partial charge on any atom is 0.344 e. The number of hydrogen-bond acceptors (Lipinski definition) is 8. The van der Waals surface area contributed by atoms with Crippen LogP contribution in [0.25, 0.3) is 11.0 Å². The zero-order valence-electron chi connectivity index (χ0n) is 13.0. The maximum absolute atomic E-state index is 12.1. The lowest BCUT2D eigenvalue weighted by molar-refractivity contribution is -0.119. The molecule has 0 saturated carbocycles. The standard InChI is InChI=1S/C15H14N4O4S/c1-3-9-13(8(2)23-17-9)15(21)22-7-12(20)16-10-5-4-6-11-14(10)19-24-18-11/h4-6H,3,7H2,1-2H3,(H,16,20). The summed E-state index contributed by atoms with van der Waals surface area (Å²) in [5, 5.41) is 6.45. The molecule has 0 aliphatic carbocycles. The summed E-state index contributed by atoms with van der Waals surface area (Å²) < 4.78 is 18.3. The zero-order valence-corrected chi connectivity index (χ0v) is 13.8. The van der Waals surface area contributed by atoms with Gasteiger partial charge in [0, 0.05) is 0 Å². The van der Waals surface area contributed by atoms with Gasteiger partial charge in [0.2, 0.25) is 0 Å². The van der Waals surface area contributed by atoms with Gasteiger partial charge in [0.1, 0.15) is 22.4 Å². The van der Waals surface area contributed by atoms with Gasteiger partial charge in [0.25, 0.3) is 5.91 Å².